The standard InChI is InChI=1S/C15H12Br3NO/c1-9(10-2-4-12(16)5-3-10)19-15(20)11-6-13(17)8-14(18)7-11/h2-9H,1H3,(H,19,20). The molecule has 1 amide bonds. The molecule has 0 spiro atoms. The Balaban J connectivity index is 2.12. The van der Waals surface area contributed by atoms with Crippen LogP contribution in [0.3, 0.4) is 0 Å². The summed E-state index contributed by atoms with van der Waals surface area (Å²) in [6.07, 6.45) is 0. The number of carbonyl (C=O) groups is 1. The summed E-state index contributed by atoms with van der Waals surface area (Å²) in [5.74, 6) is -0.0950. The Labute approximate surface area is 143 Å². The molecule has 2 aromatic carbocycles. The molecule has 2 aromatic rings. The molecule has 0 radical (unpaired) electrons. The van der Waals surface area contributed by atoms with Gasteiger partial charge in [-0.15, -0.1) is 0 Å². The number of nitrogens with one attached hydrogen (secondary N) is 1. The second-order valence-corrected chi connectivity index (χ2v) is 7.15. The Morgan fingerprint density at radius 2 is 1.50 bits per heavy atom. The van der Waals surface area contributed by atoms with Gasteiger partial charge in [0.25, 0.3) is 5.91 Å². The Morgan fingerprint density at radius 3 is 2.05 bits per heavy atom. The van der Waals surface area contributed by atoms with Gasteiger partial charge in [-0.1, -0.05) is 59.9 Å². The number of hydrogen-bond donors (Lipinski definition) is 1. The third kappa shape index (κ3) is 4.17. The van der Waals surface area contributed by atoms with Crippen LogP contribution in [0.4, 0.5) is 0 Å². The van der Waals surface area contributed by atoms with Gasteiger partial charge >= 0.3 is 0 Å². The molecule has 1 N–H and O–H groups in total. The lowest BCUT2D eigenvalue weighted by Gasteiger charge is -2.15. The fourth-order valence-corrected chi connectivity index (χ4v) is 3.36. The number of carbonyl (C=O) groups excluding carboxylic acids is 1. The second kappa shape index (κ2) is 6.87. The van der Waals surface area contributed by atoms with Crippen molar-refractivity contribution >= 4 is 53.7 Å². The molecular formula is C15H12Br3NO. The van der Waals surface area contributed by atoms with Crippen LogP contribution >= 0.6 is 47.8 Å². The lowest BCUT2D eigenvalue weighted by atomic mass is 10.1. The van der Waals surface area contributed by atoms with Crippen molar-refractivity contribution in [2.24, 2.45) is 0 Å². The van der Waals surface area contributed by atoms with E-state index in [0.717, 1.165) is 19.0 Å². The van der Waals surface area contributed by atoms with E-state index in [1.807, 2.05) is 37.3 Å². The van der Waals surface area contributed by atoms with Gasteiger partial charge in [-0.3, -0.25) is 4.79 Å². The van der Waals surface area contributed by atoms with Crippen LogP contribution in [0.1, 0.15) is 28.9 Å². The van der Waals surface area contributed by atoms with Crippen LogP contribution in [-0.2, 0) is 0 Å². The lowest BCUT2D eigenvalue weighted by molar-refractivity contribution is 0.0940. The van der Waals surface area contributed by atoms with Crippen LogP contribution in [0, 0.1) is 0 Å². The summed E-state index contributed by atoms with van der Waals surface area (Å²) in [5.41, 5.74) is 1.69. The number of rotatable bonds is 3. The molecule has 0 fully saturated rings. The van der Waals surface area contributed by atoms with Crippen molar-refractivity contribution in [1.29, 1.82) is 0 Å². The first kappa shape index (κ1) is 15.7. The average Bonchev–Trinajstić information content (AvgIpc) is 2.38. The minimum atomic E-state index is -0.0950. The summed E-state index contributed by atoms with van der Waals surface area (Å²) in [4.78, 5) is 12.2. The van der Waals surface area contributed by atoms with E-state index in [1.54, 1.807) is 12.1 Å². The van der Waals surface area contributed by atoms with E-state index in [2.05, 4.69) is 53.1 Å². The largest absolute Gasteiger partial charge is 0.346 e. The Morgan fingerprint density at radius 1 is 0.950 bits per heavy atom. The van der Waals surface area contributed by atoms with E-state index in [0.29, 0.717) is 5.56 Å². The maximum atomic E-state index is 12.2. The summed E-state index contributed by atoms with van der Waals surface area (Å²) >= 11 is 10.2. The van der Waals surface area contributed by atoms with Crippen molar-refractivity contribution in [2.45, 2.75) is 13.0 Å². The van der Waals surface area contributed by atoms with Gasteiger partial charge in [-0.05, 0) is 42.8 Å². The van der Waals surface area contributed by atoms with Crippen LogP contribution in [-0.4, -0.2) is 5.91 Å². The molecule has 104 valence electrons. The van der Waals surface area contributed by atoms with E-state index < -0.39 is 0 Å². The third-order valence-electron chi connectivity index (χ3n) is 2.84. The lowest BCUT2D eigenvalue weighted by Crippen LogP contribution is -2.26. The summed E-state index contributed by atoms with van der Waals surface area (Å²) in [7, 11) is 0. The van der Waals surface area contributed by atoms with Crippen LogP contribution in [0.5, 0.6) is 0 Å². The van der Waals surface area contributed by atoms with Gasteiger partial charge in [0.05, 0.1) is 6.04 Å². The first-order valence-electron chi connectivity index (χ1n) is 5.98. The Bertz CT molecular complexity index is 605. The summed E-state index contributed by atoms with van der Waals surface area (Å²) in [5, 5.41) is 2.99. The smallest absolute Gasteiger partial charge is 0.251 e. The molecule has 0 saturated heterocycles. The molecule has 5 heteroatoms. The molecule has 0 aliphatic rings. The maximum Gasteiger partial charge on any atom is 0.251 e. The van der Waals surface area contributed by atoms with Crippen molar-refractivity contribution in [3.8, 4) is 0 Å². The molecule has 0 bridgehead atoms. The fourth-order valence-electron chi connectivity index (χ4n) is 1.80. The topological polar surface area (TPSA) is 29.1 Å². The van der Waals surface area contributed by atoms with Gasteiger partial charge in [0.2, 0.25) is 0 Å². The van der Waals surface area contributed by atoms with Crippen LogP contribution in [0.2, 0.25) is 0 Å². The zero-order valence-corrected chi connectivity index (χ0v) is 15.4. The predicted molar refractivity (Wildman–Crippen MR) is 91.9 cm³/mol. The van der Waals surface area contributed by atoms with Gasteiger partial charge in [-0.25, -0.2) is 0 Å². The molecule has 0 aromatic heterocycles. The van der Waals surface area contributed by atoms with Gasteiger partial charge in [0.15, 0.2) is 0 Å². The molecule has 1 atom stereocenters. The first-order chi connectivity index (χ1) is 9.45. The second-order valence-electron chi connectivity index (χ2n) is 4.40. The third-order valence-corrected chi connectivity index (χ3v) is 4.29. The monoisotopic (exact) mass is 459 g/mol. The molecule has 20 heavy (non-hydrogen) atoms. The zero-order valence-electron chi connectivity index (χ0n) is 10.7. The molecule has 0 saturated carbocycles. The van der Waals surface area contributed by atoms with Gasteiger partial charge in [-0.2, -0.15) is 0 Å². The van der Waals surface area contributed by atoms with E-state index >= 15 is 0 Å². The van der Waals surface area contributed by atoms with Crippen molar-refractivity contribution < 1.29 is 4.79 Å². The summed E-state index contributed by atoms with van der Waals surface area (Å²) in [6, 6.07) is 13.4. The first-order valence-corrected chi connectivity index (χ1v) is 8.36. The maximum absolute atomic E-state index is 12.2. The van der Waals surface area contributed by atoms with E-state index in [9.17, 15) is 4.79 Å². The normalized spacial score (nSPS) is 12.0. The van der Waals surface area contributed by atoms with E-state index in [4.69, 9.17) is 0 Å². The predicted octanol–water partition coefficient (Wildman–Crippen LogP) is 5.47. The number of benzene rings is 2. The summed E-state index contributed by atoms with van der Waals surface area (Å²) < 4.78 is 2.76. The number of halogens is 3. The van der Waals surface area contributed by atoms with Gasteiger partial charge < -0.3 is 5.32 Å². The van der Waals surface area contributed by atoms with Gasteiger partial charge in [0.1, 0.15) is 0 Å². The molecule has 0 aliphatic carbocycles. The zero-order chi connectivity index (χ0) is 14.7. The van der Waals surface area contributed by atoms with Crippen molar-refractivity contribution in [1.82, 2.24) is 5.32 Å². The average molecular weight is 462 g/mol. The highest BCUT2D eigenvalue weighted by Crippen LogP contribution is 2.21. The number of hydrogen-bond acceptors (Lipinski definition) is 1. The Hall–Kier alpha value is -0.650. The molecule has 1 unspecified atom stereocenters. The number of amides is 1. The van der Waals surface area contributed by atoms with E-state index in [1.165, 1.54) is 0 Å². The molecule has 0 aliphatic heterocycles. The quantitative estimate of drug-likeness (QED) is 0.645. The highest BCUT2D eigenvalue weighted by molar-refractivity contribution is 9.11. The van der Waals surface area contributed by atoms with E-state index in [-0.39, 0.29) is 11.9 Å². The van der Waals surface area contributed by atoms with Crippen LogP contribution < -0.4 is 5.32 Å². The van der Waals surface area contributed by atoms with Crippen LogP contribution in [0.15, 0.2) is 55.9 Å². The molecule has 2 rings (SSSR count). The highest BCUT2D eigenvalue weighted by Gasteiger charge is 2.12. The van der Waals surface area contributed by atoms with Crippen molar-refractivity contribution in [3.63, 3.8) is 0 Å². The van der Waals surface area contributed by atoms with Crippen LogP contribution in [0.25, 0.3) is 0 Å². The molecule has 0 heterocycles. The minimum absolute atomic E-state index is 0.0478. The Kier molecular flexibility index (Phi) is 5.41. The SMILES string of the molecule is CC(NC(=O)c1cc(Br)cc(Br)c1)c1ccc(Br)cc1. The highest BCUT2D eigenvalue weighted by atomic mass is 79.9. The molecule has 2 nitrogen and oxygen atoms in total. The van der Waals surface area contributed by atoms with Gasteiger partial charge in [0, 0.05) is 19.0 Å². The van der Waals surface area contributed by atoms with Crippen molar-refractivity contribution in [2.75, 3.05) is 0 Å². The van der Waals surface area contributed by atoms with Crippen molar-refractivity contribution in [3.05, 3.63) is 67.0 Å². The fraction of sp³-hybridized carbons (Fsp3) is 0.133. The minimum Gasteiger partial charge on any atom is -0.346 e. The summed E-state index contributed by atoms with van der Waals surface area (Å²) in [6.45, 7) is 1.97. The molecular weight excluding hydrogens is 450 g/mol.